The second-order valence-corrected chi connectivity index (χ2v) is 7.27. The van der Waals surface area contributed by atoms with Crippen LogP contribution in [0.3, 0.4) is 0 Å². The maximum Gasteiger partial charge on any atom is 0.317 e. The molecule has 0 saturated heterocycles. The molecule has 0 saturated carbocycles. The molecule has 3 amide bonds. The number of hydrogen-bond donors (Lipinski definition) is 2. The third-order valence-corrected chi connectivity index (χ3v) is 4.86. The molecule has 1 aromatic heterocycles. The summed E-state index contributed by atoms with van der Waals surface area (Å²) in [6.07, 6.45) is 2.05. The van der Waals surface area contributed by atoms with Crippen LogP contribution in [0.5, 0.6) is 0 Å². The Bertz CT molecular complexity index is 994. The Labute approximate surface area is 178 Å². The summed E-state index contributed by atoms with van der Waals surface area (Å²) < 4.78 is 1.60. The van der Waals surface area contributed by atoms with Crippen molar-refractivity contribution in [2.75, 3.05) is 25.2 Å². The molecule has 0 fully saturated rings. The summed E-state index contributed by atoms with van der Waals surface area (Å²) in [5.74, 6) is -0.194. The van der Waals surface area contributed by atoms with E-state index in [0.29, 0.717) is 17.4 Å². The molecule has 2 N–H and O–H groups in total. The molecule has 3 rings (SSSR count). The fourth-order valence-corrected chi connectivity index (χ4v) is 3.19. The predicted molar refractivity (Wildman–Crippen MR) is 115 cm³/mol. The van der Waals surface area contributed by atoms with E-state index in [0.717, 1.165) is 11.3 Å². The zero-order valence-electron chi connectivity index (χ0n) is 16.8. The molecular weight excluding hydrogens is 402 g/mol. The van der Waals surface area contributed by atoms with Crippen LogP contribution in [-0.2, 0) is 11.3 Å². The minimum atomic E-state index is -0.225. The zero-order valence-corrected chi connectivity index (χ0v) is 17.6. The van der Waals surface area contributed by atoms with Crippen molar-refractivity contribution < 1.29 is 9.59 Å². The Morgan fingerprint density at radius 2 is 1.93 bits per heavy atom. The number of urea groups is 1. The molecule has 0 aliphatic rings. The van der Waals surface area contributed by atoms with E-state index in [1.165, 1.54) is 11.8 Å². The number of thioether (sulfide) groups is 1. The second-order valence-electron chi connectivity index (χ2n) is 6.50. The third-order valence-electron chi connectivity index (χ3n) is 4.24. The minimum Gasteiger partial charge on any atom is -0.337 e. The first-order valence-electron chi connectivity index (χ1n) is 9.32. The van der Waals surface area contributed by atoms with Gasteiger partial charge in [0.1, 0.15) is 0 Å². The minimum absolute atomic E-state index is 0.163. The lowest BCUT2D eigenvalue weighted by atomic mass is 10.2. The summed E-state index contributed by atoms with van der Waals surface area (Å²) in [5.41, 5.74) is 2.42. The maximum absolute atomic E-state index is 12.2. The number of benzene rings is 2. The molecule has 0 unspecified atom stereocenters. The fourth-order valence-electron chi connectivity index (χ4n) is 2.75. The van der Waals surface area contributed by atoms with E-state index in [4.69, 9.17) is 0 Å². The molecular formula is C20H23N7O2S. The number of nitrogens with zero attached hydrogens (tertiary/aromatic N) is 5. The normalized spacial score (nSPS) is 10.5. The highest BCUT2D eigenvalue weighted by Crippen LogP contribution is 2.18. The third kappa shape index (κ3) is 5.80. The van der Waals surface area contributed by atoms with Gasteiger partial charge in [0, 0.05) is 32.2 Å². The molecule has 0 bridgehead atoms. The SMILES string of the molecule is CSc1nnnn1-c1cccc(NC(=O)CCNC(=O)N(C)Cc2ccccc2)c1. The van der Waals surface area contributed by atoms with E-state index in [-0.39, 0.29) is 24.9 Å². The van der Waals surface area contributed by atoms with Crippen molar-refractivity contribution in [3.05, 3.63) is 60.2 Å². The Balaban J connectivity index is 1.47. The van der Waals surface area contributed by atoms with Crippen LogP contribution in [0.15, 0.2) is 59.8 Å². The van der Waals surface area contributed by atoms with Crippen LogP contribution in [0.2, 0.25) is 0 Å². The van der Waals surface area contributed by atoms with Crippen molar-refractivity contribution in [2.45, 2.75) is 18.1 Å². The zero-order chi connectivity index (χ0) is 21.3. The number of carbonyl (C=O) groups excluding carboxylic acids is 2. The Hall–Kier alpha value is -3.40. The Morgan fingerprint density at radius 3 is 2.70 bits per heavy atom. The van der Waals surface area contributed by atoms with Gasteiger partial charge in [-0.2, -0.15) is 4.68 Å². The van der Waals surface area contributed by atoms with Gasteiger partial charge in [0.25, 0.3) is 0 Å². The van der Waals surface area contributed by atoms with Gasteiger partial charge in [-0.1, -0.05) is 48.2 Å². The van der Waals surface area contributed by atoms with Crippen molar-refractivity contribution in [1.82, 2.24) is 30.4 Å². The summed E-state index contributed by atoms with van der Waals surface area (Å²) in [4.78, 5) is 26.0. The smallest absolute Gasteiger partial charge is 0.317 e. The van der Waals surface area contributed by atoms with Crippen molar-refractivity contribution in [1.29, 1.82) is 0 Å². The Morgan fingerprint density at radius 1 is 1.13 bits per heavy atom. The molecule has 1 heterocycles. The van der Waals surface area contributed by atoms with Gasteiger partial charge in [0.2, 0.25) is 11.1 Å². The number of hydrogen-bond acceptors (Lipinski definition) is 6. The summed E-state index contributed by atoms with van der Waals surface area (Å²) >= 11 is 1.43. The number of rotatable bonds is 8. The van der Waals surface area contributed by atoms with Crippen LogP contribution in [0.1, 0.15) is 12.0 Å². The second kappa shape index (κ2) is 10.4. The summed E-state index contributed by atoms with van der Waals surface area (Å²) in [6.45, 7) is 0.744. The van der Waals surface area contributed by atoms with E-state index in [2.05, 4.69) is 26.2 Å². The highest BCUT2D eigenvalue weighted by Gasteiger charge is 2.11. The van der Waals surface area contributed by atoms with Gasteiger partial charge in [-0.3, -0.25) is 4.79 Å². The highest BCUT2D eigenvalue weighted by atomic mass is 32.2. The number of tetrazole rings is 1. The highest BCUT2D eigenvalue weighted by molar-refractivity contribution is 7.98. The molecule has 0 aliphatic heterocycles. The summed E-state index contributed by atoms with van der Waals surface area (Å²) in [7, 11) is 1.72. The molecule has 0 aliphatic carbocycles. The lowest BCUT2D eigenvalue weighted by Gasteiger charge is -2.18. The van der Waals surface area contributed by atoms with Crippen LogP contribution in [0, 0.1) is 0 Å². The van der Waals surface area contributed by atoms with Gasteiger partial charge in [0.15, 0.2) is 0 Å². The lowest BCUT2D eigenvalue weighted by Crippen LogP contribution is -2.38. The van der Waals surface area contributed by atoms with Crippen LogP contribution in [-0.4, -0.2) is 56.9 Å². The molecule has 9 nitrogen and oxygen atoms in total. The van der Waals surface area contributed by atoms with Crippen LogP contribution in [0.25, 0.3) is 5.69 Å². The molecule has 0 spiro atoms. The summed E-state index contributed by atoms with van der Waals surface area (Å²) in [5, 5.41) is 17.8. The lowest BCUT2D eigenvalue weighted by molar-refractivity contribution is -0.116. The number of carbonyl (C=O) groups is 2. The summed E-state index contributed by atoms with van der Waals surface area (Å²) in [6, 6.07) is 16.7. The van der Waals surface area contributed by atoms with Crippen molar-refractivity contribution in [3.63, 3.8) is 0 Å². The van der Waals surface area contributed by atoms with E-state index >= 15 is 0 Å². The van der Waals surface area contributed by atoms with Gasteiger partial charge in [-0.05, 0) is 40.4 Å². The van der Waals surface area contributed by atoms with Crippen LogP contribution < -0.4 is 10.6 Å². The maximum atomic E-state index is 12.2. The van der Waals surface area contributed by atoms with E-state index in [1.807, 2.05) is 48.7 Å². The van der Waals surface area contributed by atoms with Crippen molar-refractivity contribution in [2.24, 2.45) is 0 Å². The monoisotopic (exact) mass is 425 g/mol. The quantitative estimate of drug-likeness (QED) is 0.538. The Kier molecular flexibility index (Phi) is 7.39. The van der Waals surface area contributed by atoms with Crippen molar-refractivity contribution >= 4 is 29.4 Å². The van der Waals surface area contributed by atoms with Crippen LogP contribution >= 0.6 is 11.8 Å². The fraction of sp³-hybridized carbons (Fsp3) is 0.250. The molecule has 3 aromatic rings. The molecule has 30 heavy (non-hydrogen) atoms. The van der Waals surface area contributed by atoms with E-state index in [1.54, 1.807) is 28.8 Å². The predicted octanol–water partition coefficient (Wildman–Crippen LogP) is 2.55. The van der Waals surface area contributed by atoms with Gasteiger partial charge in [-0.25, -0.2) is 4.79 Å². The molecule has 2 aromatic carbocycles. The van der Waals surface area contributed by atoms with E-state index < -0.39 is 0 Å². The standard InChI is InChI=1S/C20H23N7O2S/c1-26(14-15-7-4-3-5-8-15)19(29)21-12-11-18(28)22-16-9-6-10-17(13-16)27-20(30-2)23-24-25-27/h3-10,13H,11-12,14H2,1-2H3,(H,21,29)(H,22,28). The molecule has 156 valence electrons. The first kappa shape index (κ1) is 21.3. The van der Waals surface area contributed by atoms with Gasteiger partial charge >= 0.3 is 6.03 Å². The average molecular weight is 426 g/mol. The number of anilines is 1. The largest absolute Gasteiger partial charge is 0.337 e. The number of aromatic nitrogens is 4. The average Bonchev–Trinajstić information content (AvgIpc) is 3.23. The first-order chi connectivity index (χ1) is 14.6. The van der Waals surface area contributed by atoms with Gasteiger partial charge in [-0.15, -0.1) is 5.10 Å². The van der Waals surface area contributed by atoms with Crippen LogP contribution in [0.4, 0.5) is 10.5 Å². The number of amides is 3. The topological polar surface area (TPSA) is 105 Å². The van der Waals surface area contributed by atoms with Gasteiger partial charge < -0.3 is 15.5 Å². The first-order valence-corrected chi connectivity index (χ1v) is 10.5. The van der Waals surface area contributed by atoms with E-state index in [9.17, 15) is 9.59 Å². The van der Waals surface area contributed by atoms with Gasteiger partial charge in [0.05, 0.1) is 5.69 Å². The van der Waals surface area contributed by atoms with Crippen molar-refractivity contribution in [3.8, 4) is 5.69 Å². The molecule has 0 radical (unpaired) electrons. The molecule has 0 atom stereocenters. The number of nitrogens with one attached hydrogen (secondary N) is 2. The molecule has 10 heteroatoms.